The van der Waals surface area contributed by atoms with E-state index in [4.69, 9.17) is 4.74 Å². The number of hydrogen-bond donors (Lipinski definition) is 1. The van der Waals surface area contributed by atoms with Gasteiger partial charge in [0.15, 0.2) is 0 Å². The van der Waals surface area contributed by atoms with Crippen LogP contribution in [0.3, 0.4) is 0 Å². The van der Waals surface area contributed by atoms with Crippen LogP contribution in [0.1, 0.15) is 50.6 Å². The first-order chi connectivity index (χ1) is 9.28. The van der Waals surface area contributed by atoms with Crippen LogP contribution in [0.15, 0.2) is 12.4 Å². The van der Waals surface area contributed by atoms with Gasteiger partial charge in [-0.3, -0.25) is 0 Å². The average Bonchev–Trinajstić information content (AvgIpc) is 2.46. The Bertz CT molecular complexity index is 378. The van der Waals surface area contributed by atoms with Crippen molar-refractivity contribution in [2.75, 3.05) is 7.11 Å². The lowest BCUT2D eigenvalue weighted by Crippen LogP contribution is -2.15. The molecule has 1 fully saturated rings. The normalized spacial score (nSPS) is 18.2. The summed E-state index contributed by atoms with van der Waals surface area (Å²) < 4.78 is 5.06. The molecule has 1 aliphatic rings. The molecule has 1 heterocycles. The molecule has 1 saturated carbocycles. The molecule has 0 aliphatic heterocycles. The number of rotatable bonds is 6. The minimum atomic E-state index is -0.304. The molecular formula is C15H24N2O2. The van der Waals surface area contributed by atoms with Gasteiger partial charge in [-0.15, -0.1) is 0 Å². The lowest BCUT2D eigenvalue weighted by molar-refractivity contribution is 0.148. The first-order valence-electron chi connectivity index (χ1n) is 7.31. The SMILES string of the molecule is COc1cc(CC(O)CCC2CCCCC2)ncn1. The van der Waals surface area contributed by atoms with Crippen LogP contribution in [0.5, 0.6) is 5.88 Å². The van der Waals surface area contributed by atoms with Gasteiger partial charge in [0.2, 0.25) is 5.88 Å². The van der Waals surface area contributed by atoms with Crippen molar-refractivity contribution in [1.29, 1.82) is 0 Å². The molecule has 1 N–H and O–H groups in total. The van der Waals surface area contributed by atoms with Crippen LogP contribution in [-0.4, -0.2) is 28.3 Å². The first-order valence-corrected chi connectivity index (χ1v) is 7.31. The van der Waals surface area contributed by atoms with Gasteiger partial charge in [-0.25, -0.2) is 9.97 Å². The second-order valence-corrected chi connectivity index (χ2v) is 5.49. The standard InChI is InChI=1S/C15H24N2O2/c1-19-15-10-13(16-11-17-15)9-14(18)8-7-12-5-3-2-4-6-12/h10-12,14,18H,2-9H2,1H3. The molecule has 0 spiro atoms. The average molecular weight is 264 g/mol. The summed E-state index contributed by atoms with van der Waals surface area (Å²) in [6.07, 6.45) is 10.6. The summed E-state index contributed by atoms with van der Waals surface area (Å²) >= 11 is 0. The Morgan fingerprint density at radius 2 is 2.11 bits per heavy atom. The molecule has 2 rings (SSSR count). The maximum Gasteiger partial charge on any atom is 0.216 e. The van der Waals surface area contributed by atoms with Gasteiger partial charge in [-0.1, -0.05) is 32.1 Å². The lowest BCUT2D eigenvalue weighted by Gasteiger charge is -2.22. The Morgan fingerprint density at radius 3 is 2.84 bits per heavy atom. The van der Waals surface area contributed by atoms with Crippen molar-refractivity contribution in [3.05, 3.63) is 18.1 Å². The lowest BCUT2D eigenvalue weighted by atomic mass is 9.85. The fraction of sp³-hybridized carbons (Fsp3) is 0.733. The molecule has 4 heteroatoms. The van der Waals surface area contributed by atoms with Gasteiger partial charge in [-0.05, 0) is 18.8 Å². The molecular weight excluding hydrogens is 240 g/mol. The number of nitrogens with zero attached hydrogens (tertiary/aromatic N) is 2. The molecule has 1 atom stereocenters. The molecule has 0 radical (unpaired) electrons. The summed E-state index contributed by atoms with van der Waals surface area (Å²) in [5.41, 5.74) is 0.850. The maximum atomic E-state index is 10.1. The minimum Gasteiger partial charge on any atom is -0.481 e. The van der Waals surface area contributed by atoms with Gasteiger partial charge in [0, 0.05) is 12.5 Å². The van der Waals surface area contributed by atoms with E-state index in [1.165, 1.54) is 38.4 Å². The van der Waals surface area contributed by atoms with E-state index in [1.807, 2.05) is 0 Å². The number of hydrogen-bond acceptors (Lipinski definition) is 4. The zero-order valence-corrected chi connectivity index (χ0v) is 11.7. The van der Waals surface area contributed by atoms with Crippen molar-refractivity contribution in [1.82, 2.24) is 9.97 Å². The molecule has 1 aromatic rings. The van der Waals surface area contributed by atoms with Crippen LogP contribution in [0.4, 0.5) is 0 Å². The van der Waals surface area contributed by atoms with Gasteiger partial charge in [0.1, 0.15) is 6.33 Å². The summed E-state index contributed by atoms with van der Waals surface area (Å²) in [5, 5.41) is 10.1. The number of aliphatic hydroxyl groups excluding tert-OH is 1. The molecule has 19 heavy (non-hydrogen) atoms. The van der Waals surface area contributed by atoms with E-state index in [-0.39, 0.29) is 6.10 Å². The third-order valence-electron chi connectivity index (χ3n) is 3.99. The molecule has 0 aromatic carbocycles. The second kappa shape index (κ2) is 7.43. The van der Waals surface area contributed by atoms with Crippen LogP contribution >= 0.6 is 0 Å². The van der Waals surface area contributed by atoms with Crippen LogP contribution < -0.4 is 4.74 Å². The molecule has 0 saturated heterocycles. The van der Waals surface area contributed by atoms with Gasteiger partial charge in [0.25, 0.3) is 0 Å². The monoisotopic (exact) mass is 264 g/mol. The predicted octanol–water partition coefficient (Wildman–Crippen LogP) is 2.75. The maximum absolute atomic E-state index is 10.1. The van der Waals surface area contributed by atoms with Crippen molar-refractivity contribution in [3.8, 4) is 5.88 Å². The quantitative estimate of drug-likeness (QED) is 0.858. The van der Waals surface area contributed by atoms with E-state index in [1.54, 1.807) is 13.2 Å². The molecule has 106 valence electrons. The number of methoxy groups -OCH3 is 1. The highest BCUT2D eigenvalue weighted by atomic mass is 16.5. The van der Waals surface area contributed by atoms with Crippen molar-refractivity contribution in [3.63, 3.8) is 0 Å². The Labute approximate surface area is 115 Å². The Hall–Kier alpha value is -1.16. The Morgan fingerprint density at radius 1 is 1.32 bits per heavy atom. The molecule has 1 aliphatic carbocycles. The van der Waals surface area contributed by atoms with Crippen LogP contribution in [0.25, 0.3) is 0 Å². The van der Waals surface area contributed by atoms with E-state index >= 15 is 0 Å². The highest BCUT2D eigenvalue weighted by Crippen LogP contribution is 2.28. The van der Waals surface area contributed by atoms with Crippen LogP contribution in [0, 0.1) is 5.92 Å². The Kier molecular flexibility index (Phi) is 5.58. The van der Waals surface area contributed by atoms with Gasteiger partial charge in [-0.2, -0.15) is 0 Å². The fourth-order valence-corrected chi connectivity index (χ4v) is 2.85. The predicted molar refractivity (Wildman–Crippen MR) is 74.1 cm³/mol. The van der Waals surface area contributed by atoms with Crippen molar-refractivity contribution >= 4 is 0 Å². The summed E-state index contributed by atoms with van der Waals surface area (Å²) in [5.74, 6) is 1.38. The summed E-state index contributed by atoms with van der Waals surface area (Å²) in [6.45, 7) is 0. The van der Waals surface area contributed by atoms with Crippen molar-refractivity contribution in [2.24, 2.45) is 5.92 Å². The zero-order valence-electron chi connectivity index (χ0n) is 11.7. The molecule has 1 unspecified atom stereocenters. The largest absolute Gasteiger partial charge is 0.481 e. The third kappa shape index (κ3) is 4.78. The van der Waals surface area contributed by atoms with E-state index in [2.05, 4.69) is 9.97 Å². The zero-order chi connectivity index (χ0) is 13.5. The smallest absolute Gasteiger partial charge is 0.216 e. The first kappa shape index (κ1) is 14.3. The summed E-state index contributed by atoms with van der Waals surface area (Å²) in [7, 11) is 1.59. The highest BCUT2D eigenvalue weighted by molar-refractivity contribution is 5.13. The van der Waals surface area contributed by atoms with Crippen LogP contribution in [-0.2, 0) is 6.42 Å². The fourth-order valence-electron chi connectivity index (χ4n) is 2.85. The summed E-state index contributed by atoms with van der Waals surface area (Å²) in [4.78, 5) is 8.14. The molecule has 0 bridgehead atoms. The van der Waals surface area contributed by atoms with Gasteiger partial charge < -0.3 is 9.84 Å². The van der Waals surface area contributed by atoms with Crippen molar-refractivity contribution in [2.45, 2.75) is 57.5 Å². The molecule has 4 nitrogen and oxygen atoms in total. The van der Waals surface area contributed by atoms with Crippen LogP contribution in [0.2, 0.25) is 0 Å². The molecule has 0 amide bonds. The molecule has 1 aromatic heterocycles. The third-order valence-corrected chi connectivity index (χ3v) is 3.99. The number of aliphatic hydroxyl groups is 1. The van der Waals surface area contributed by atoms with Gasteiger partial charge >= 0.3 is 0 Å². The topological polar surface area (TPSA) is 55.2 Å². The number of ether oxygens (including phenoxy) is 1. The highest BCUT2D eigenvalue weighted by Gasteiger charge is 2.15. The van der Waals surface area contributed by atoms with E-state index in [9.17, 15) is 5.11 Å². The number of aromatic nitrogens is 2. The van der Waals surface area contributed by atoms with E-state index in [0.29, 0.717) is 12.3 Å². The second-order valence-electron chi connectivity index (χ2n) is 5.49. The van der Waals surface area contributed by atoms with E-state index < -0.39 is 0 Å². The van der Waals surface area contributed by atoms with Gasteiger partial charge in [0.05, 0.1) is 18.9 Å². The van der Waals surface area contributed by atoms with E-state index in [0.717, 1.165) is 24.5 Å². The Balaban J connectivity index is 1.75. The minimum absolute atomic E-state index is 0.304. The summed E-state index contributed by atoms with van der Waals surface area (Å²) in [6, 6.07) is 1.80. The van der Waals surface area contributed by atoms with Crippen molar-refractivity contribution < 1.29 is 9.84 Å².